The molecule has 0 fully saturated rings. The molecular weight excluding hydrogens is 396 g/mol. The summed E-state index contributed by atoms with van der Waals surface area (Å²) in [4.78, 5) is 0. The number of allylic oxidation sites excluding steroid dienone is 1. The molecule has 1 aromatic rings. The van der Waals surface area contributed by atoms with Crippen molar-refractivity contribution in [1.29, 1.82) is 0 Å². The third-order valence-electron chi connectivity index (χ3n) is 4.51. The fraction of sp³-hybridized carbons (Fsp3) is 0.520. The van der Waals surface area contributed by atoms with Crippen molar-refractivity contribution in [3.8, 4) is 0 Å². The van der Waals surface area contributed by atoms with Crippen molar-refractivity contribution in [2.24, 2.45) is 0 Å². The van der Waals surface area contributed by atoms with Gasteiger partial charge in [-0.15, -0.1) is 0 Å². The van der Waals surface area contributed by atoms with Crippen LogP contribution in [0.2, 0.25) is 0 Å². The monoisotopic (exact) mass is 432 g/mol. The van der Waals surface area contributed by atoms with Crippen LogP contribution in [-0.2, 0) is 41.6 Å². The molecule has 0 amide bonds. The number of ether oxygens (including phenoxy) is 6. The van der Waals surface area contributed by atoms with E-state index in [1.165, 1.54) is 0 Å². The Balaban J connectivity index is 1.76. The molecule has 0 radical (unpaired) electrons. The molecule has 0 aliphatic carbocycles. The van der Waals surface area contributed by atoms with Crippen molar-refractivity contribution in [3.05, 3.63) is 71.3 Å². The second-order valence-corrected chi connectivity index (χ2v) is 7.11. The molecule has 0 saturated heterocycles. The minimum absolute atomic E-state index is 0.472. The van der Waals surface area contributed by atoms with Crippen LogP contribution in [0, 0.1) is 0 Å². The van der Waals surface area contributed by atoms with Crippen LogP contribution in [0.1, 0.15) is 18.1 Å². The highest BCUT2D eigenvalue weighted by atomic mass is 16.5. The molecule has 2 heterocycles. The van der Waals surface area contributed by atoms with Gasteiger partial charge in [-0.2, -0.15) is 0 Å². The Kier molecular flexibility index (Phi) is 13.8. The van der Waals surface area contributed by atoms with Gasteiger partial charge in [0.05, 0.1) is 79.3 Å². The predicted molar refractivity (Wildman–Crippen MR) is 121 cm³/mol. The summed E-state index contributed by atoms with van der Waals surface area (Å²) in [6.45, 7) is 12.5. The van der Waals surface area contributed by atoms with Crippen LogP contribution < -0.4 is 0 Å². The number of hydrogen-bond donors (Lipinski definition) is 0. The molecule has 0 unspecified atom stereocenters. The first-order valence-corrected chi connectivity index (χ1v) is 10.8. The van der Waals surface area contributed by atoms with E-state index in [9.17, 15) is 0 Å². The highest BCUT2D eigenvalue weighted by molar-refractivity contribution is 5.26. The molecule has 0 N–H and O–H groups in total. The molecule has 2 bridgehead atoms. The van der Waals surface area contributed by atoms with E-state index < -0.39 is 0 Å². The zero-order valence-corrected chi connectivity index (χ0v) is 18.7. The van der Waals surface area contributed by atoms with Gasteiger partial charge in [0, 0.05) is 0 Å². The van der Waals surface area contributed by atoms with Gasteiger partial charge in [-0.3, -0.25) is 0 Å². The minimum atomic E-state index is 0.472. The normalized spacial score (nSPS) is 22.4. The second kappa shape index (κ2) is 16.8. The van der Waals surface area contributed by atoms with Crippen LogP contribution in [0.4, 0.5) is 0 Å². The molecule has 6 heteroatoms. The Hall–Kier alpha value is -1.80. The van der Waals surface area contributed by atoms with Crippen LogP contribution in [0.25, 0.3) is 0 Å². The molecule has 0 aromatic heterocycles. The van der Waals surface area contributed by atoms with E-state index in [2.05, 4.69) is 30.8 Å². The number of rotatable bonds is 0. The van der Waals surface area contributed by atoms with E-state index in [1.54, 1.807) is 0 Å². The fourth-order valence-electron chi connectivity index (χ4n) is 2.68. The lowest BCUT2D eigenvalue weighted by Crippen LogP contribution is -2.11. The van der Waals surface area contributed by atoms with Crippen molar-refractivity contribution in [3.63, 3.8) is 0 Å². The van der Waals surface area contributed by atoms with Gasteiger partial charge in [0.25, 0.3) is 0 Å². The van der Waals surface area contributed by atoms with Crippen molar-refractivity contribution in [2.45, 2.75) is 20.1 Å². The average molecular weight is 433 g/mol. The van der Waals surface area contributed by atoms with Crippen LogP contribution in [-0.4, -0.2) is 66.1 Å². The number of fused-ring (bicyclic) bond motifs is 22. The van der Waals surface area contributed by atoms with Gasteiger partial charge in [0.2, 0.25) is 0 Å². The second-order valence-electron chi connectivity index (χ2n) is 7.11. The summed E-state index contributed by atoms with van der Waals surface area (Å²) < 4.78 is 33.7. The van der Waals surface area contributed by atoms with Crippen molar-refractivity contribution in [2.75, 3.05) is 66.1 Å². The van der Waals surface area contributed by atoms with Crippen molar-refractivity contribution in [1.82, 2.24) is 0 Å². The summed E-state index contributed by atoms with van der Waals surface area (Å²) in [7, 11) is 0. The average Bonchev–Trinajstić information content (AvgIpc) is 2.79. The van der Waals surface area contributed by atoms with E-state index in [0.717, 1.165) is 22.3 Å². The lowest BCUT2D eigenvalue weighted by atomic mass is 10.1. The van der Waals surface area contributed by atoms with E-state index in [4.69, 9.17) is 28.4 Å². The lowest BCUT2D eigenvalue weighted by Gasteiger charge is -2.09. The van der Waals surface area contributed by atoms with Gasteiger partial charge in [0.1, 0.15) is 0 Å². The maximum Gasteiger partial charge on any atom is 0.0718 e. The van der Waals surface area contributed by atoms with E-state index in [1.807, 2.05) is 25.2 Å². The molecule has 1 aromatic carbocycles. The third kappa shape index (κ3) is 12.6. The summed E-state index contributed by atoms with van der Waals surface area (Å²) >= 11 is 0. The Morgan fingerprint density at radius 1 is 0.581 bits per heavy atom. The van der Waals surface area contributed by atoms with E-state index in [-0.39, 0.29) is 0 Å². The predicted octanol–water partition coefficient (Wildman–Crippen LogP) is 3.86. The Labute approximate surface area is 186 Å². The standard InChI is InChI=1S/C25H36O6/c1-3-23-5-4-22(2)18-28-14-10-26-12-16-30-20-24-6-8-25(9-7-24)21-31-17-13-27-11-15-29-19-23/h3-9H,2,10-21H2,1H3/b5-4-,23-3+. The minimum Gasteiger partial charge on any atom is -0.377 e. The van der Waals surface area contributed by atoms with Gasteiger partial charge in [-0.25, -0.2) is 0 Å². The summed E-state index contributed by atoms with van der Waals surface area (Å²) in [5.41, 5.74) is 4.25. The van der Waals surface area contributed by atoms with Gasteiger partial charge in [0.15, 0.2) is 0 Å². The molecule has 172 valence electrons. The SMILES string of the molecule is C=C1/C=C\C(=C/C)COCCOCCOCc2ccc(cc2)COCCOCCOC1. The summed E-state index contributed by atoms with van der Waals surface area (Å²) in [5.74, 6) is 0. The highest BCUT2D eigenvalue weighted by Crippen LogP contribution is 2.07. The molecule has 6 nitrogen and oxygen atoms in total. The molecule has 2 aliphatic rings. The lowest BCUT2D eigenvalue weighted by molar-refractivity contribution is 0.0139. The van der Waals surface area contributed by atoms with Gasteiger partial charge in [-0.05, 0) is 29.2 Å². The fourth-order valence-corrected chi connectivity index (χ4v) is 2.68. The first-order chi connectivity index (χ1) is 15.3. The smallest absolute Gasteiger partial charge is 0.0718 e. The topological polar surface area (TPSA) is 55.4 Å². The van der Waals surface area contributed by atoms with Crippen LogP contribution >= 0.6 is 0 Å². The molecule has 0 atom stereocenters. The first kappa shape index (κ1) is 25.5. The van der Waals surface area contributed by atoms with Gasteiger partial charge < -0.3 is 28.4 Å². The molecule has 3 rings (SSSR count). The quantitative estimate of drug-likeness (QED) is 0.581. The van der Waals surface area contributed by atoms with Crippen LogP contribution in [0.3, 0.4) is 0 Å². The zero-order chi connectivity index (χ0) is 22.0. The Bertz CT molecular complexity index is 665. The van der Waals surface area contributed by atoms with Crippen molar-refractivity contribution >= 4 is 0 Å². The molecule has 0 spiro atoms. The van der Waals surface area contributed by atoms with E-state index in [0.29, 0.717) is 79.3 Å². The summed E-state index contributed by atoms with van der Waals surface area (Å²) in [5, 5.41) is 0. The Morgan fingerprint density at radius 3 is 1.48 bits per heavy atom. The summed E-state index contributed by atoms with van der Waals surface area (Å²) in [6, 6.07) is 8.25. The molecular formula is C25H36O6. The van der Waals surface area contributed by atoms with Crippen LogP contribution in [0.15, 0.2) is 60.2 Å². The third-order valence-corrected chi connectivity index (χ3v) is 4.51. The number of benzene rings is 1. The largest absolute Gasteiger partial charge is 0.377 e. The zero-order valence-electron chi connectivity index (χ0n) is 18.7. The van der Waals surface area contributed by atoms with Crippen molar-refractivity contribution < 1.29 is 28.4 Å². The maximum atomic E-state index is 5.67. The first-order valence-electron chi connectivity index (χ1n) is 10.8. The van der Waals surface area contributed by atoms with Crippen LogP contribution in [0.5, 0.6) is 0 Å². The molecule has 2 aliphatic heterocycles. The molecule has 0 saturated carbocycles. The van der Waals surface area contributed by atoms with Gasteiger partial charge in [-0.1, -0.05) is 49.1 Å². The van der Waals surface area contributed by atoms with Gasteiger partial charge >= 0.3 is 0 Å². The molecule has 31 heavy (non-hydrogen) atoms. The number of hydrogen-bond acceptors (Lipinski definition) is 6. The Morgan fingerprint density at radius 2 is 1.00 bits per heavy atom. The van der Waals surface area contributed by atoms with E-state index >= 15 is 0 Å². The summed E-state index contributed by atoms with van der Waals surface area (Å²) in [6.07, 6.45) is 5.98. The highest BCUT2D eigenvalue weighted by Gasteiger charge is 1.99. The maximum absolute atomic E-state index is 5.67.